The highest BCUT2D eigenvalue weighted by Gasteiger charge is 2.27. The van der Waals surface area contributed by atoms with Gasteiger partial charge in [0.2, 0.25) is 0 Å². The molecule has 0 bridgehead atoms. The number of hydrogen-bond donors (Lipinski definition) is 3. The van der Waals surface area contributed by atoms with Crippen molar-refractivity contribution in [3.05, 3.63) is 106 Å². The Bertz CT molecular complexity index is 2110. The van der Waals surface area contributed by atoms with E-state index in [1.807, 2.05) is 0 Å². The van der Waals surface area contributed by atoms with E-state index in [9.17, 15) is 27.9 Å². The Morgan fingerprint density at radius 3 is 2.41 bits per heavy atom. The normalized spacial score (nSPS) is 12.1. The second-order valence-electron chi connectivity index (χ2n) is 9.91. The molecule has 1 atom stereocenters. The number of aryl methyl sites for hydroxylation is 1. The predicted molar refractivity (Wildman–Crippen MR) is 161 cm³/mol. The number of fused-ring (bicyclic) bond motifs is 1. The van der Waals surface area contributed by atoms with Crippen LogP contribution in [0.3, 0.4) is 0 Å². The molecule has 0 radical (unpaired) electrons. The summed E-state index contributed by atoms with van der Waals surface area (Å²) in [5, 5.41) is 12.2. The van der Waals surface area contributed by atoms with Crippen LogP contribution in [0.15, 0.2) is 82.9 Å². The van der Waals surface area contributed by atoms with E-state index < -0.39 is 50.8 Å². The lowest BCUT2D eigenvalue weighted by molar-refractivity contribution is -0.139. The van der Waals surface area contributed by atoms with Gasteiger partial charge in [0.15, 0.2) is 0 Å². The molecule has 5 aromatic rings. The number of anilines is 1. The minimum Gasteiger partial charge on any atom is -0.492 e. The summed E-state index contributed by atoms with van der Waals surface area (Å²) in [5.41, 5.74) is -0.784. The Labute approximate surface area is 260 Å². The Morgan fingerprint density at radius 2 is 1.78 bits per heavy atom. The first-order valence-corrected chi connectivity index (χ1v) is 15.1. The highest BCUT2D eigenvalue weighted by Crippen LogP contribution is 2.27. The molecule has 0 spiro atoms. The van der Waals surface area contributed by atoms with Gasteiger partial charge in [0.25, 0.3) is 21.5 Å². The van der Waals surface area contributed by atoms with Crippen LogP contribution in [0, 0.1) is 11.6 Å². The van der Waals surface area contributed by atoms with Gasteiger partial charge >= 0.3 is 5.97 Å². The molecule has 16 heteroatoms. The fourth-order valence-electron chi connectivity index (χ4n) is 4.78. The lowest BCUT2D eigenvalue weighted by Gasteiger charge is -2.16. The van der Waals surface area contributed by atoms with Gasteiger partial charge in [-0.15, -0.1) is 0 Å². The van der Waals surface area contributed by atoms with E-state index in [1.54, 1.807) is 30.8 Å². The number of halogens is 2. The van der Waals surface area contributed by atoms with Gasteiger partial charge < -0.3 is 15.2 Å². The number of hydrogen-bond acceptors (Lipinski definition) is 8. The van der Waals surface area contributed by atoms with Crippen LogP contribution in [0.25, 0.3) is 16.6 Å². The molecule has 0 aliphatic heterocycles. The molecule has 46 heavy (non-hydrogen) atoms. The van der Waals surface area contributed by atoms with Crippen molar-refractivity contribution < 1.29 is 36.6 Å². The number of carbonyl (C=O) groups excluding carboxylic acids is 1. The lowest BCUT2D eigenvalue weighted by atomic mass is 10.1. The van der Waals surface area contributed by atoms with Crippen molar-refractivity contribution in [1.82, 2.24) is 24.6 Å². The molecule has 0 fully saturated rings. The quantitative estimate of drug-likeness (QED) is 0.194. The number of sulfonamides is 1. The largest absolute Gasteiger partial charge is 0.492 e. The summed E-state index contributed by atoms with van der Waals surface area (Å²) in [6, 6.07) is 9.77. The first-order valence-electron chi connectivity index (χ1n) is 13.7. The highest BCUT2D eigenvalue weighted by atomic mass is 32.2. The van der Waals surface area contributed by atoms with E-state index in [0.29, 0.717) is 28.7 Å². The van der Waals surface area contributed by atoms with Crippen LogP contribution in [0.4, 0.5) is 14.5 Å². The monoisotopic (exact) mass is 652 g/mol. The molecule has 3 heterocycles. The summed E-state index contributed by atoms with van der Waals surface area (Å²) in [6.07, 6.45) is 4.01. The molecule has 2 aromatic carbocycles. The van der Waals surface area contributed by atoms with Crippen LogP contribution in [-0.4, -0.2) is 57.4 Å². The number of nitrogens with one attached hydrogen (secondary N) is 2. The Morgan fingerprint density at radius 1 is 1.07 bits per heavy atom. The van der Waals surface area contributed by atoms with Crippen LogP contribution in [0.5, 0.6) is 5.75 Å². The minimum absolute atomic E-state index is 0.0262. The SMILES string of the molecule is CCOc1ccccc1S(=O)(=O)Nc1cc(F)c(C(=O)N[C@@H](Cc2ccc(-n3c(=O)c4ccncc4n3C)cn2)C(=O)O)c(F)c1. The van der Waals surface area contributed by atoms with Gasteiger partial charge in [-0.2, -0.15) is 0 Å². The van der Waals surface area contributed by atoms with Crippen molar-refractivity contribution in [3.63, 3.8) is 0 Å². The fourth-order valence-corrected chi connectivity index (χ4v) is 5.97. The number of ether oxygens (including phenoxy) is 1. The van der Waals surface area contributed by atoms with Crippen LogP contribution < -0.4 is 20.3 Å². The van der Waals surface area contributed by atoms with Gasteiger partial charge in [-0.3, -0.25) is 29.0 Å². The second-order valence-corrected chi connectivity index (χ2v) is 11.6. The fraction of sp³-hybridized carbons (Fsp3) is 0.167. The van der Waals surface area contributed by atoms with Gasteiger partial charge in [0.05, 0.1) is 41.3 Å². The van der Waals surface area contributed by atoms with Crippen molar-refractivity contribution in [1.29, 1.82) is 0 Å². The number of carbonyl (C=O) groups is 2. The van der Waals surface area contributed by atoms with Crippen molar-refractivity contribution >= 4 is 38.5 Å². The molecule has 3 aromatic heterocycles. The number of carboxylic acid groups (broad SMARTS) is 1. The third-order valence-electron chi connectivity index (χ3n) is 6.90. The van der Waals surface area contributed by atoms with Gasteiger partial charge in [0, 0.05) is 25.4 Å². The Hall–Kier alpha value is -5.64. The summed E-state index contributed by atoms with van der Waals surface area (Å²) in [6.45, 7) is 1.82. The zero-order valence-electron chi connectivity index (χ0n) is 24.3. The summed E-state index contributed by atoms with van der Waals surface area (Å²) in [4.78, 5) is 45.6. The number of aromatic nitrogens is 4. The average molecular weight is 653 g/mol. The third kappa shape index (κ3) is 6.28. The number of para-hydroxylation sites is 1. The number of nitrogens with zero attached hydrogens (tertiary/aromatic N) is 4. The molecule has 0 saturated carbocycles. The maximum Gasteiger partial charge on any atom is 0.326 e. The molecule has 3 N–H and O–H groups in total. The molecule has 13 nitrogen and oxygen atoms in total. The van der Waals surface area contributed by atoms with E-state index in [1.165, 1.54) is 53.6 Å². The maximum absolute atomic E-state index is 15.0. The topological polar surface area (TPSA) is 175 Å². The first-order chi connectivity index (χ1) is 21.9. The van der Waals surface area contributed by atoms with Gasteiger partial charge in [-0.05, 0) is 49.4 Å². The van der Waals surface area contributed by atoms with E-state index in [4.69, 9.17) is 4.74 Å². The average Bonchev–Trinajstić information content (AvgIpc) is 3.26. The molecule has 1 amide bonds. The van der Waals surface area contributed by atoms with E-state index in [2.05, 4.69) is 20.0 Å². The molecular weight excluding hydrogens is 626 g/mol. The molecular formula is C30H26F2N6O7S. The number of carboxylic acids is 1. The molecule has 0 unspecified atom stereocenters. The van der Waals surface area contributed by atoms with Gasteiger partial charge in [0.1, 0.15) is 33.9 Å². The standard InChI is InChI=1S/C30H26F2N6O7S/c1-3-45-25-6-4-5-7-26(25)46(43,44)36-18-12-21(31)27(22(32)13-18)28(39)35-23(30(41)42)14-17-8-9-19(15-34-17)38-29(40)20-10-11-33-16-24(20)37(38)2/h4-13,15-16,23,36H,3,14H2,1-2H3,(H,35,39)(H,41,42)/t23-/m0/s1. The molecule has 5 rings (SSSR count). The number of pyridine rings is 2. The van der Waals surface area contributed by atoms with Crippen molar-refractivity contribution in [2.45, 2.75) is 24.3 Å². The summed E-state index contributed by atoms with van der Waals surface area (Å²) >= 11 is 0. The summed E-state index contributed by atoms with van der Waals surface area (Å²) in [7, 11) is -2.68. The molecule has 0 aliphatic carbocycles. The Kier molecular flexibility index (Phi) is 8.82. The number of aliphatic carboxylic acids is 1. The zero-order chi connectivity index (χ0) is 33.2. The molecule has 0 saturated heterocycles. The van der Waals surface area contributed by atoms with E-state index in [0.717, 1.165) is 0 Å². The highest BCUT2D eigenvalue weighted by molar-refractivity contribution is 7.92. The summed E-state index contributed by atoms with van der Waals surface area (Å²) in [5.74, 6) is -5.73. The molecule has 0 aliphatic rings. The van der Waals surface area contributed by atoms with Crippen molar-refractivity contribution in [2.75, 3.05) is 11.3 Å². The third-order valence-corrected chi connectivity index (χ3v) is 8.32. The summed E-state index contributed by atoms with van der Waals surface area (Å²) < 4.78 is 66.1. The number of benzene rings is 2. The lowest BCUT2D eigenvalue weighted by Crippen LogP contribution is -2.43. The smallest absolute Gasteiger partial charge is 0.326 e. The van der Waals surface area contributed by atoms with Crippen molar-refractivity contribution in [3.8, 4) is 11.4 Å². The Balaban J connectivity index is 1.32. The van der Waals surface area contributed by atoms with Crippen molar-refractivity contribution in [2.24, 2.45) is 7.05 Å². The predicted octanol–water partition coefficient (Wildman–Crippen LogP) is 3.02. The second kappa shape index (κ2) is 12.8. The zero-order valence-corrected chi connectivity index (χ0v) is 25.1. The number of rotatable bonds is 11. The van der Waals surface area contributed by atoms with Gasteiger partial charge in [-0.25, -0.2) is 26.7 Å². The van der Waals surface area contributed by atoms with Gasteiger partial charge in [-0.1, -0.05) is 12.1 Å². The van der Waals surface area contributed by atoms with E-state index in [-0.39, 0.29) is 34.9 Å². The first kappa shape index (κ1) is 31.8. The van der Waals surface area contributed by atoms with Crippen LogP contribution in [0.1, 0.15) is 23.0 Å². The van der Waals surface area contributed by atoms with Crippen LogP contribution in [-0.2, 0) is 28.3 Å². The number of amides is 1. The van der Waals surface area contributed by atoms with Crippen LogP contribution in [0.2, 0.25) is 0 Å². The molecule has 238 valence electrons. The van der Waals surface area contributed by atoms with Crippen LogP contribution >= 0.6 is 0 Å². The minimum atomic E-state index is -4.35. The van der Waals surface area contributed by atoms with E-state index >= 15 is 8.78 Å². The maximum atomic E-state index is 15.0.